The molecule has 1 aliphatic heterocycles. The number of ether oxygens (including phenoxy) is 1. The van der Waals surface area contributed by atoms with Crippen LogP contribution in [0.5, 0.6) is 5.75 Å². The van der Waals surface area contributed by atoms with Crippen LogP contribution in [0.3, 0.4) is 0 Å². The number of halogens is 1. The molecule has 0 N–H and O–H groups in total. The smallest absolute Gasteiger partial charge is 0.329 e. The van der Waals surface area contributed by atoms with Crippen molar-refractivity contribution in [1.82, 2.24) is 4.31 Å². The third-order valence-electron chi connectivity index (χ3n) is 3.25. The van der Waals surface area contributed by atoms with Crippen molar-refractivity contribution in [3.63, 3.8) is 0 Å². The van der Waals surface area contributed by atoms with Crippen molar-refractivity contribution in [3.05, 3.63) is 28.8 Å². The third-order valence-corrected chi connectivity index (χ3v) is 4.77. The third kappa shape index (κ3) is 3.31. The van der Waals surface area contributed by atoms with Gasteiger partial charge in [0, 0.05) is 11.6 Å². The fourth-order valence-corrected chi connectivity index (χ4v) is 3.62. The van der Waals surface area contributed by atoms with Crippen molar-refractivity contribution >= 4 is 27.6 Å². The Morgan fingerprint density at radius 1 is 1.45 bits per heavy atom. The molecule has 0 aromatic heterocycles. The van der Waals surface area contributed by atoms with Gasteiger partial charge in [-0.05, 0) is 43.5 Å². The molecule has 0 spiro atoms. The van der Waals surface area contributed by atoms with Gasteiger partial charge >= 0.3 is 5.97 Å². The number of nitrogens with zero attached hydrogens (tertiary/aromatic N) is 1. The normalized spacial score (nSPS) is 20.1. The van der Waals surface area contributed by atoms with Crippen molar-refractivity contribution in [2.24, 2.45) is 0 Å². The van der Waals surface area contributed by atoms with Crippen molar-refractivity contribution in [2.75, 3.05) is 12.8 Å². The van der Waals surface area contributed by atoms with Crippen LogP contribution in [-0.4, -0.2) is 37.5 Å². The van der Waals surface area contributed by atoms with Gasteiger partial charge in [0.05, 0.1) is 6.26 Å². The van der Waals surface area contributed by atoms with Gasteiger partial charge in [0.2, 0.25) is 10.0 Å². The molecule has 7 heteroatoms. The Hall–Kier alpha value is -1.11. The van der Waals surface area contributed by atoms with E-state index in [4.69, 9.17) is 16.3 Å². The van der Waals surface area contributed by atoms with Crippen molar-refractivity contribution in [3.8, 4) is 5.75 Å². The monoisotopic (exact) mass is 317 g/mol. The van der Waals surface area contributed by atoms with Crippen LogP contribution in [0.4, 0.5) is 0 Å². The first-order valence-corrected chi connectivity index (χ1v) is 8.46. The zero-order valence-corrected chi connectivity index (χ0v) is 12.9. The molecule has 110 valence electrons. The van der Waals surface area contributed by atoms with Crippen molar-refractivity contribution < 1.29 is 17.9 Å². The molecule has 1 saturated heterocycles. The van der Waals surface area contributed by atoms with E-state index >= 15 is 0 Å². The molecular weight excluding hydrogens is 302 g/mol. The number of benzene rings is 1. The molecule has 1 heterocycles. The fourth-order valence-electron chi connectivity index (χ4n) is 2.28. The van der Waals surface area contributed by atoms with Gasteiger partial charge in [-0.25, -0.2) is 13.2 Å². The summed E-state index contributed by atoms with van der Waals surface area (Å²) in [5.41, 5.74) is 0.731. The van der Waals surface area contributed by atoms with Crippen LogP contribution in [0, 0.1) is 6.92 Å². The summed E-state index contributed by atoms with van der Waals surface area (Å²) in [6.07, 6.45) is 2.25. The minimum atomic E-state index is -3.39. The Balaban J connectivity index is 2.16. The number of carbonyl (C=O) groups excluding carboxylic acids is 1. The van der Waals surface area contributed by atoms with Crippen LogP contribution in [-0.2, 0) is 14.8 Å². The van der Waals surface area contributed by atoms with Crippen LogP contribution < -0.4 is 4.74 Å². The van der Waals surface area contributed by atoms with E-state index in [0.717, 1.165) is 11.8 Å². The molecule has 1 unspecified atom stereocenters. The number of aryl methyl sites for hydroxylation is 1. The fraction of sp³-hybridized carbons (Fsp3) is 0.462. The molecule has 1 fully saturated rings. The molecule has 0 bridgehead atoms. The maximum Gasteiger partial charge on any atom is 0.329 e. The summed E-state index contributed by atoms with van der Waals surface area (Å²) in [6.45, 7) is 2.13. The molecule has 0 aliphatic carbocycles. The molecule has 1 aromatic carbocycles. The number of hydrogen-bond donors (Lipinski definition) is 0. The van der Waals surface area contributed by atoms with Crippen LogP contribution in [0.2, 0.25) is 5.02 Å². The van der Waals surface area contributed by atoms with Gasteiger partial charge in [-0.3, -0.25) is 0 Å². The average molecular weight is 318 g/mol. The van der Waals surface area contributed by atoms with Gasteiger partial charge in [-0.1, -0.05) is 11.6 Å². The van der Waals surface area contributed by atoms with Gasteiger partial charge in [0.1, 0.15) is 11.8 Å². The first-order chi connectivity index (χ1) is 9.29. The quantitative estimate of drug-likeness (QED) is 0.631. The van der Waals surface area contributed by atoms with Gasteiger partial charge in [-0.2, -0.15) is 4.31 Å². The number of esters is 1. The second kappa shape index (κ2) is 5.71. The molecule has 1 atom stereocenters. The molecule has 0 radical (unpaired) electrons. The van der Waals surface area contributed by atoms with Crippen LogP contribution in [0.1, 0.15) is 18.4 Å². The maximum absolute atomic E-state index is 12.1. The van der Waals surface area contributed by atoms with Crippen LogP contribution >= 0.6 is 11.6 Å². The molecule has 2 rings (SSSR count). The first-order valence-electron chi connectivity index (χ1n) is 6.23. The minimum Gasteiger partial charge on any atom is -0.425 e. The standard InChI is InChI=1S/C13H16ClNO4S/c1-9-8-10(14)5-6-12(9)19-13(16)11-4-3-7-15(11)20(2,17)18/h5-6,8,11H,3-4,7H2,1-2H3. The number of rotatable bonds is 3. The minimum absolute atomic E-state index is 0.359. The molecule has 5 nitrogen and oxygen atoms in total. The highest BCUT2D eigenvalue weighted by atomic mass is 35.5. The predicted molar refractivity (Wildman–Crippen MR) is 76.4 cm³/mol. The molecule has 0 saturated carbocycles. The lowest BCUT2D eigenvalue weighted by Crippen LogP contribution is -2.41. The van der Waals surface area contributed by atoms with E-state index in [9.17, 15) is 13.2 Å². The summed E-state index contributed by atoms with van der Waals surface area (Å²) >= 11 is 5.84. The highest BCUT2D eigenvalue weighted by Crippen LogP contribution is 2.25. The lowest BCUT2D eigenvalue weighted by Gasteiger charge is -2.20. The Kier molecular flexibility index (Phi) is 4.36. The lowest BCUT2D eigenvalue weighted by molar-refractivity contribution is -0.138. The van der Waals surface area contributed by atoms with Crippen molar-refractivity contribution in [2.45, 2.75) is 25.8 Å². The second-order valence-electron chi connectivity index (χ2n) is 4.86. The molecule has 1 aliphatic rings. The highest BCUT2D eigenvalue weighted by molar-refractivity contribution is 7.88. The Labute approximate surface area is 123 Å². The molecular formula is C13H16ClNO4S. The Morgan fingerprint density at radius 3 is 2.75 bits per heavy atom. The summed E-state index contributed by atoms with van der Waals surface area (Å²) in [7, 11) is -3.39. The Bertz CT molecular complexity index is 629. The van der Waals surface area contributed by atoms with Crippen LogP contribution in [0.25, 0.3) is 0 Å². The van der Waals surface area contributed by atoms with E-state index < -0.39 is 22.0 Å². The van der Waals surface area contributed by atoms with E-state index in [1.54, 1.807) is 25.1 Å². The zero-order valence-electron chi connectivity index (χ0n) is 11.3. The van der Waals surface area contributed by atoms with E-state index in [0.29, 0.717) is 30.2 Å². The van der Waals surface area contributed by atoms with Crippen molar-refractivity contribution in [1.29, 1.82) is 0 Å². The predicted octanol–water partition coefficient (Wildman–Crippen LogP) is 1.98. The summed E-state index contributed by atoms with van der Waals surface area (Å²) in [4.78, 5) is 12.1. The van der Waals surface area contributed by atoms with E-state index in [-0.39, 0.29) is 0 Å². The second-order valence-corrected chi connectivity index (χ2v) is 7.23. The topological polar surface area (TPSA) is 63.7 Å². The summed E-state index contributed by atoms with van der Waals surface area (Å²) in [6, 6.07) is 4.18. The largest absolute Gasteiger partial charge is 0.425 e. The number of hydrogen-bond acceptors (Lipinski definition) is 4. The van der Waals surface area contributed by atoms with E-state index in [2.05, 4.69) is 0 Å². The molecule has 1 aromatic rings. The van der Waals surface area contributed by atoms with Gasteiger partial charge in [-0.15, -0.1) is 0 Å². The molecule has 0 amide bonds. The maximum atomic E-state index is 12.1. The van der Waals surface area contributed by atoms with Gasteiger partial charge in [0.25, 0.3) is 0 Å². The zero-order chi connectivity index (χ0) is 14.9. The summed E-state index contributed by atoms with van der Waals surface area (Å²) < 4.78 is 29.7. The Morgan fingerprint density at radius 2 is 2.15 bits per heavy atom. The van der Waals surface area contributed by atoms with E-state index in [1.165, 1.54) is 4.31 Å². The summed E-state index contributed by atoms with van der Waals surface area (Å²) in [5, 5.41) is 0.556. The highest BCUT2D eigenvalue weighted by Gasteiger charge is 2.37. The van der Waals surface area contributed by atoms with E-state index in [1.807, 2.05) is 0 Å². The summed E-state index contributed by atoms with van der Waals surface area (Å²) in [5.74, 6) is -0.141. The molecule has 20 heavy (non-hydrogen) atoms. The lowest BCUT2D eigenvalue weighted by atomic mass is 10.2. The number of sulfonamides is 1. The first kappa shape index (κ1) is 15.3. The number of carbonyl (C=O) groups is 1. The average Bonchev–Trinajstić information content (AvgIpc) is 2.81. The SMILES string of the molecule is Cc1cc(Cl)ccc1OC(=O)C1CCCN1S(C)(=O)=O. The van der Waals surface area contributed by atoms with Gasteiger partial charge in [0.15, 0.2) is 0 Å². The van der Waals surface area contributed by atoms with Crippen LogP contribution in [0.15, 0.2) is 18.2 Å². The van der Waals surface area contributed by atoms with Gasteiger partial charge < -0.3 is 4.74 Å².